The van der Waals surface area contributed by atoms with Crippen LogP contribution >= 0.6 is 0 Å². The highest BCUT2D eigenvalue weighted by Crippen LogP contribution is 2.31. The van der Waals surface area contributed by atoms with Crippen LogP contribution in [0.3, 0.4) is 0 Å². The van der Waals surface area contributed by atoms with Gasteiger partial charge in [0.1, 0.15) is 0 Å². The fourth-order valence-electron chi connectivity index (χ4n) is 3.60. The van der Waals surface area contributed by atoms with Crippen LogP contribution in [0.25, 0.3) is 0 Å². The van der Waals surface area contributed by atoms with E-state index in [-0.39, 0.29) is 6.04 Å². The van der Waals surface area contributed by atoms with Gasteiger partial charge in [0.2, 0.25) is 0 Å². The minimum absolute atomic E-state index is 0.112. The second-order valence-corrected chi connectivity index (χ2v) is 6.48. The molecule has 2 aliphatic rings. The maximum absolute atomic E-state index is 9.43. The topological polar surface area (TPSA) is 35.8 Å². The van der Waals surface area contributed by atoms with E-state index in [0.29, 0.717) is 12.0 Å². The maximum Gasteiger partial charge on any atom is 0.0983 e. The zero-order valence-electron chi connectivity index (χ0n) is 11.8. The van der Waals surface area contributed by atoms with E-state index in [1.165, 1.54) is 64.2 Å². The molecule has 0 bridgehead atoms. The van der Waals surface area contributed by atoms with Gasteiger partial charge < -0.3 is 0 Å². The average molecular weight is 248 g/mol. The monoisotopic (exact) mass is 248 g/mol. The van der Waals surface area contributed by atoms with Crippen molar-refractivity contribution in [2.45, 2.75) is 83.2 Å². The predicted molar refractivity (Wildman–Crippen MR) is 75.1 cm³/mol. The molecule has 2 saturated carbocycles. The third-order valence-corrected chi connectivity index (χ3v) is 4.94. The van der Waals surface area contributed by atoms with Crippen molar-refractivity contribution in [1.82, 2.24) is 5.32 Å². The molecule has 2 heteroatoms. The summed E-state index contributed by atoms with van der Waals surface area (Å²) in [5, 5.41) is 13.1. The Kier molecular flexibility index (Phi) is 5.50. The van der Waals surface area contributed by atoms with E-state index in [9.17, 15) is 5.26 Å². The van der Waals surface area contributed by atoms with Crippen molar-refractivity contribution in [1.29, 1.82) is 5.26 Å². The van der Waals surface area contributed by atoms with E-state index in [1.807, 2.05) is 0 Å². The smallest absolute Gasteiger partial charge is 0.0983 e. The van der Waals surface area contributed by atoms with Gasteiger partial charge in [0, 0.05) is 6.04 Å². The van der Waals surface area contributed by atoms with Crippen LogP contribution in [0.4, 0.5) is 0 Å². The van der Waals surface area contributed by atoms with E-state index in [1.54, 1.807) is 0 Å². The Morgan fingerprint density at radius 3 is 2.11 bits per heavy atom. The van der Waals surface area contributed by atoms with Gasteiger partial charge >= 0.3 is 0 Å². The Hall–Kier alpha value is -0.550. The molecule has 0 radical (unpaired) electrons. The van der Waals surface area contributed by atoms with Gasteiger partial charge in [-0.3, -0.25) is 5.32 Å². The van der Waals surface area contributed by atoms with Gasteiger partial charge in [-0.05, 0) is 37.5 Å². The van der Waals surface area contributed by atoms with Crippen molar-refractivity contribution < 1.29 is 0 Å². The maximum atomic E-state index is 9.43. The summed E-state index contributed by atoms with van der Waals surface area (Å²) in [7, 11) is 0. The summed E-state index contributed by atoms with van der Waals surface area (Å²) in [5.41, 5.74) is 0. The van der Waals surface area contributed by atoms with Crippen molar-refractivity contribution >= 4 is 0 Å². The van der Waals surface area contributed by atoms with Crippen molar-refractivity contribution in [3.63, 3.8) is 0 Å². The van der Waals surface area contributed by atoms with E-state index in [2.05, 4.69) is 18.3 Å². The van der Waals surface area contributed by atoms with Crippen molar-refractivity contribution in [3.05, 3.63) is 0 Å². The van der Waals surface area contributed by atoms with Crippen LogP contribution in [0.1, 0.15) is 71.1 Å². The molecule has 0 heterocycles. The summed E-state index contributed by atoms with van der Waals surface area (Å²) < 4.78 is 0. The molecule has 2 nitrogen and oxygen atoms in total. The predicted octanol–water partition coefficient (Wildman–Crippen LogP) is 4.02. The Labute approximate surface area is 112 Å². The SMILES string of the molecule is CC1CCC(C(C#N)NC2CCCCCC2)CC1. The first-order chi connectivity index (χ1) is 8.79. The van der Waals surface area contributed by atoms with Gasteiger partial charge in [-0.1, -0.05) is 45.4 Å². The quantitative estimate of drug-likeness (QED) is 0.766. The van der Waals surface area contributed by atoms with Crippen LogP contribution in [0, 0.1) is 23.2 Å². The summed E-state index contributed by atoms with van der Waals surface area (Å²) in [5.74, 6) is 1.48. The molecule has 2 rings (SSSR count). The first-order valence-electron chi connectivity index (χ1n) is 7.95. The Balaban J connectivity index is 1.82. The highest BCUT2D eigenvalue weighted by atomic mass is 15.0. The molecule has 102 valence electrons. The second kappa shape index (κ2) is 7.14. The molecule has 0 amide bonds. The number of nitrogens with one attached hydrogen (secondary N) is 1. The standard InChI is InChI=1S/C16H28N2/c1-13-8-10-14(11-9-13)16(12-17)18-15-6-4-2-3-5-7-15/h13-16,18H,2-11H2,1H3. The lowest BCUT2D eigenvalue weighted by Crippen LogP contribution is -2.42. The minimum Gasteiger partial charge on any atom is -0.299 e. The number of nitrogens with zero attached hydrogens (tertiary/aromatic N) is 1. The van der Waals surface area contributed by atoms with E-state index in [0.717, 1.165) is 5.92 Å². The third kappa shape index (κ3) is 3.99. The number of nitriles is 1. The summed E-state index contributed by atoms with van der Waals surface area (Å²) in [4.78, 5) is 0. The average Bonchev–Trinajstić information content (AvgIpc) is 2.66. The molecule has 18 heavy (non-hydrogen) atoms. The molecule has 0 aromatic rings. The summed E-state index contributed by atoms with van der Waals surface area (Å²) in [6, 6.07) is 3.26. The van der Waals surface area contributed by atoms with Gasteiger partial charge in [-0.25, -0.2) is 0 Å². The second-order valence-electron chi connectivity index (χ2n) is 6.48. The molecule has 0 aliphatic heterocycles. The Morgan fingerprint density at radius 1 is 0.944 bits per heavy atom. The fraction of sp³-hybridized carbons (Fsp3) is 0.938. The van der Waals surface area contributed by atoms with Gasteiger partial charge in [0.05, 0.1) is 12.1 Å². The number of rotatable bonds is 3. The van der Waals surface area contributed by atoms with Gasteiger partial charge in [-0.2, -0.15) is 5.26 Å². The molecule has 2 fully saturated rings. The zero-order valence-corrected chi connectivity index (χ0v) is 11.8. The Morgan fingerprint density at radius 2 is 1.56 bits per heavy atom. The molecular formula is C16H28N2. The number of hydrogen-bond donors (Lipinski definition) is 1. The summed E-state index contributed by atoms with van der Waals surface area (Å²) >= 11 is 0. The van der Waals surface area contributed by atoms with Crippen LogP contribution in [0.15, 0.2) is 0 Å². The van der Waals surface area contributed by atoms with E-state index >= 15 is 0 Å². The highest BCUT2D eigenvalue weighted by molar-refractivity contribution is 4.98. The van der Waals surface area contributed by atoms with Gasteiger partial charge in [-0.15, -0.1) is 0 Å². The molecule has 1 N–H and O–H groups in total. The summed E-state index contributed by atoms with van der Waals surface area (Å²) in [6.07, 6.45) is 13.1. The molecule has 0 aromatic carbocycles. The molecule has 1 atom stereocenters. The molecule has 0 saturated heterocycles. The fourth-order valence-corrected chi connectivity index (χ4v) is 3.60. The zero-order chi connectivity index (χ0) is 12.8. The highest BCUT2D eigenvalue weighted by Gasteiger charge is 2.27. The van der Waals surface area contributed by atoms with Gasteiger partial charge in [0.15, 0.2) is 0 Å². The normalized spacial score (nSPS) is 32.4. The number of hydrogen-bond acceptors (Lipinski definition) is 2. The lowest BCUT2D eigenvalue weighted by molar-refractivity contribution is 0.241. The molecule has 0 aromatic heterocycles. The Bertz CT molecular complexity index is 265. The van der Waals surface area contributed by atoms with Crippen LogP contribution in [-0.4, -0.2) is 12.1 Å². The largest absolute Gasteiger partial charge is 0.299 e. The van der Waals surface area contributed by atoms with Crippen LogP contribution in [0.5, 0.6) is 0 Å². The minimum atomic E-state index is 0.112. The first-order valence-corrected chi connectivity index (χ1v) is 7.95. The lowest BCUT2D eigenvalue weighted by atomic mass is 9.79. The van der Waals surface area contributed by atoms with E-state index < -0.39 is 0 Å². The lowest BCUT2D eigenvalue weighted by Gasteiger charge is -2.32. The van der Waals surface area contributed by atoms with Crippen molar-refractivity contribution in [2.24, 2.45) is 11.8 Å². The molecule has 0 spiro atoms. The van der Waals surface area contributed by atoms with E-state index in [4.69, 9.17) is 0 Å². The third-order valence-electron chi connectivity index (χ3n) is 4.94. The van der Waals surface area contributed by atoms with Crippen molar-refractivity contribution in [3.8, 4) is 6.07 Å². The first kappa shape index (κ1) is 13.9. The van der Waals surface area contributed by atoms with Crippen LogP contribution < -0.4 is 5.32 Å². The molecular weight excluding hydrogens is 220 g/mol. The molecule has 1 unspecified atom stereocenters. The summed E-state index contributed by atoms with van der Waals surface area (Å²) in [6.45, 7) is 2.34. The van der Waals surface area contributed by atoms with Crippen LogP contribution in [0.2, 0.25) is 0 Å². The van der Waals surface area contributed by atoms with Gasteiger partial charge in [0.25, 0.3) is 0 Å². The van der Waals surface area contributed by atoms with Crippen LogP contribution in [-0.2, 0) is 0 Å². The van der Waals surface area contributed by atoms with Crippen molar-refractivity contribution in [2.75, 3.05) is 0 Å². The molecule has 2 aliphatic carbocycles.